The largest absolute Gasteiger partial charge is 0.497 e. The zero-order valence-corrected chi connectivity index (χ0v) is 20.5. The molecule has 0 radical (unpaired) electrons. The Morgan fingerprint density at radius 3 is 2.76 bits per heavy atom. The zero-order valence-electron chi connectivity index (χ0n) is 18.8. The number of rotatable bonds is 8. The van der Waals surface area contributed by atoms with Gasteiger partial charge < -0.3 is 24.8 Å². The number of thioether (sulfide) groups is 1. The van der Waals surface area contributed by atoms with Crippen molar-refractivity contribution in [1.29, 1.82) is 0 Å². The van der Waals surface area contributed by atoms with Gasteiger partial charge in [-0.25, -0.2) is 0 Å². The van der Waals surface area contributed by atoms with Crippen LogP contribution in [0.1, 0.15) is 31.2 Å². The molecule has 1 saturated carbocycles. The van der Waals surface area contributed by atoms with E-state index < -0.39 is 0 Å². The number of hydrogen-bond donors (Lipinski definition) is 2. The lowest BCUT2D eigenvalue weighted by Crippen LogP contribution is -2.44. The maximum Gasteiger partial charge on any atom is 0.231 e. The number of nitrogens with one attached hydrogen (secondary N) is 2. The van der Waals surface area contributed by atoms with Crippen molar-refractivity contribution < 1.29 is 19.0 Å². The van der Waals surface area contributed by atoms with Gasteiger partial charge in [0.25, 0.3) is 0 Å². The average Bonchev–Trinajstić information content (AvgIpc) is 3.53. The van der Waals surface area contributed by atoms with Crippen molar-refractivity contribution in [2.24, 2.45) is 0 Å². The number of methoxy groups -OCH3 is 1. The van der Waals surface area contributed by atoms with Gasteiger partial charge in [0, 0.05) is 11.8 Å². The van der Waals surface area contributed by atoms with E-state index in [1.54, 1.807) is 7.11 Å². The van der Waals surface area contributed by atoms with Crippen LogP contribution in [-0.2, 0) is 10.3 Å². The highest BCUT2D eigenvalue weighted by Gasteiger charge is 2.37. The Bertz CT molecular complexity index is 1160. The van der Waals surface area contributed by atoms with E-state index in [0.29, 0.717) is 18.3 Å². The van der Waals surface area contributed by atoms with Gasteiger partial charge in [0.1, 0.15) is 19.0 Å². The number of nitrogens with zero attached hydrogens (tertiary/aromatic N) is 2. The highest BCUT2D eigenvalue weighted by molar-refractivity contribution is 8.01. The first-order valence-corrected chi connectivity index (χ1v) is 13.0. The number of amides is 1. The summed E-state index contributed by atoms with van der Waals surface area (Å²) in [6.07, 6.45) is 3.99. The molecule has 10 heteroatoms. The maximum absolute atomic E-state index is 12.9. The fourth-order valence-corrected chi connectivity index (χ4v) is 5.95. The molecule has 34 heavy (non-hydrogen) atoms. The summed E-state index contributed by atoms with van der Waals surface area (Å²) in [6, 6.07) is 13.6. The lowest BCUT2D eigenvalue weighted by Gasteiger charge is -2.32. The minimum absolute atomic E-state index is 0.0145. The highest BCUT2D eigenvalue weighted by atomic mass is 32.2. The predicted molar refractivity (Wildman–Crippen MR) is 133 cm³/mol. The standard InChI is InChI=1S/C24H26N4O4S2/c1-30-18-6-4-5-17(14-18)25-22-27-28-23(34-22)33-15-21(29)26-24(9-2-3-10-24)16-7-8-19-20(13-16)32-12-11-31-19/h4-8,13-14H,2-3,9-12,15H2,1H3,(H,25,27)(H,26,29). The molecule has 1 aliphatic heterocycles. The smallest absolute Gasteiger partial charge is 0.231 e. The van der Waals surface area contributed by atoms with Crippen LogP contribution in [0.25, 0.3) is 0 Å². The lowest BCUT2D eigenvalue weighted by molar-refractivity contribution is -0.120. The molecular formula is C24H26N4O4S2. The summed E-state index contributed by atoms with van der Waals surface area (Å²) in [7, 11) is 1.63. The number of benzene rings is 2. The molecule has 0 saturated heterocycles. The minimum atomic E-state index is -0.367. The molecule has 0 spiro atoms. The summed E-state index contributed by atoms with van der Waals surface area (Å²) < 4.78 is 17.4. The first-order chi connectivity index (χ1) is 16.6. The van der Waals surface area contributed by atoms with E-state index in [9.17, 15) is 4.79 Å². The van der Waals surface area contributed by atoms with Gasteiger partial charge in [-0.3, -0.25) is 4.79 Å². The number of fused-ring (bicyclic) bond motifs is 1. The van der Waals surface area contributed by atoms with Crippen LogP contribution >= 0.6 is 23.1 Å². The fourth-order valence-electron chi connectivity index (χ4n) is 4.38. The second-order valence-electron chi connectivity index (χ2n) is 8.21. The third kappa shape index (κ3) is 5.07. The van der Waals surface area contributed by atoms with Crippen molar-refractivity contribution in [2.75, 3.05) is 31.4 Å². The van der Waals surface area contributed by atoms with Crippen LogP contribution in [0.2, 0.25) is 0 Å². The maximum atomic E-state index is 12.9. The summed E-state index contributed by atoms with van der Waals surface area (Å²) in [4.78, 5) is 12.9. The van der Waals surface area contributed by atoms with Gasteiger partial charge in [-0.15, -0.1) is 10.2 Å². The molecule has 0 bridgehead atoms. The number of carbonyl (C=O) groups is 1. The number of carbonyl (C=O) groups excluding carboxylic acids is 1. The van der Waals surface area contributed by atoms with E-state index in [1.807, 2.05) is 42.5 Å². The number of anilines is 2. The van der Waals surface area contributed by atoms with E-state index in [2.05, 4.69) is 20.8 Å². The first kappa shape index (κ1) is 22.8. The molecule has 1 amide bonds. The summed E-state index contributed by atoms with van der Waals surface area (Å²) in [6.45, 7) is 1.11. The molecule has 2 aliphatic rings. The summed E-state index contributed by atoms with van der Waals surface area (Å²) in [5, 5.41) is 15.6. The molecule has 3 aromatic rings. The second kappa shape index (κ2) is 10.1. The van der Waals surface area contributed by atoms with Crippen molar-refractivity contribution in [3.05, 3.63) is 48.0 Å². The van der Waals surface area contributed by atoms with Crippen LogP contribution in [0, 0.1) is 0 Å². The lowest BCUT2D eigenvalue weighted by atomic mass is 9.87. The Morgan fingerprint density at radius 2 is 1.94 bits per heavy atom. The Labute approximate surface area is 206 Å². The van der Waals surface area contributed by atoms with Gasteiger partial charge in [0.05, 0.1) is 18.4 Å². The molecule has 0 atom stereocenters. The van der Waals surface area contributed by atoms with Gasteiger partial charge in [-0.2, -0.15) is 0 Å². The van der Waals surface area contributed by atoms with Crippen LogP contribution in [0.15, 0.2) is 46.8 Å². The van der Waals surface area contributed by atoms with Crippen molar-refractivity contribution in [3.63, 3.8) is 0 Å². The quantitative estimate of drug-likeness (QED) is 0.430. The molecule has 8 nitrogen and oxygen atoms in total. The summed E-state index contributed by atoms with van der Waals surface area (Å²) >= 11 is 2.81. The molecule has 2 heterocycles. The zero-order chi connectivity index (χ0) is 23.4. The molecule has 2 aromatic carbocycles. The molecule has 1 aromatic heterocycles. The van der Waals surface area contributed by atoms with Gasteiger partial charge in [0.15, 0.2) is 15.8 Å². The summed E-state index contributed by atoms with van der Waals surface area (Å²) in [5.41, 5.74) is 1.58. The SMILES string of the molecule is COc1cccc(Nc2nnc(SCC(=O)NC3(c4ccc5c(c4)OCCO5)CCCC3)s2)c1. The monoisotopic (exact) mass is 498 g/mol. The molecule has 0 unspecified atom stereocenters. The van der Waals surface area contributed by atoms with Gasteiger partial charge >= 0.3 is 0 Å². The Balaban J connectivity index is 1.21. The molecule has 1 fully saturated rings. The number of ether oxygens (including phenoxy) is 3. The molecule has 2 N–H and O–H groups in total. The summed E-state index contributed by atoms with van der Waals surface area (Å²) in [5.74, 6) is 2.54. The van der Waals surface area contributed by atoms with Crippen molar-refractivity contribution in [2.45, 2.75) is 35.6 Å². The van der Waals surface area contributed by atoms with Crippen LogP contribution in [0.4, 0.5) is 10.8 Å². The predicted octanol–water partition coefficient (Wildman–Crippen LogP) is 4.74. The van der Waals surface area contributed by atoms with Crippen LogP contribution in [0.5, 0.6) is 17.2 Å². The highest BCUT2D eigenvalue weighted by Crippen LogP contribution is 2.42. The minimum Gasteiger partial charge on any atom is -0.497 e. The van der Waals surface area contributed by atoms with Gasteiger partial charge in [-0.1, -0.05) is 48.1 Å². The number of hydrogen-bond acceptors (Lipinski definition) is 9. The molecule has 5 rings (SSSR count). The van der Waals surface area contributed by atoms with Crippen LogP contribution in [0.3, 0.4) is 0 Å². The van der Waals surface area contributed by atoms with Crippen molar-refractivity contribution in [3.8, 4) is 17.2 Å². The third-order valence-corrected chi connectivity index (χ3v) is 7.96. The second-order valence-corrected chi connectivity index (χ2v) is 10.4. The molecular weight excluding hydrogens is 472 g/mol. The van der Waals surface area contributed by atoms with Crippen LogP contribution < -0.4 is 24.8 Å². The van der Waals surface area contributed by atoms with Gasteiger partial charge in [-0.05, 0) is 42.7 Å². The van der Waals surface area contributed by atoms with E-state index in [-0.39, 0.29) is 17.2 Å². The van der Waals surface area contributed by atoms with E-state index in [0.717, 1.165) is 58.5 Å². The molecule has 178 valence electrons. The Hall–Kier alpha value is -2.98. The van der Waals surface area contributed by atoms with Crippen molar-refractivity contribution in [1.82, 2.24) is 15.5 Å². The third-order valence-electron chi connectivity index (χ3n) is 5.98. The van der Waals surface area contributed by atoms with Crippen LogP contribution in [-0.4, -0.2) is 42.2 Å². The van der Waals surface area contributed by atoms with E-state index >= 15 is 0 Å². The average molecular weight is 499 g/mol. The van der Waals surface area contributed by atoms with Crippen molar-refractivity contribution >= 4 is 39.8 Å². The normalized spacial score (nSPS) is 16.1. The Kier molecular flexibility index (Phi) is 6.77. The van der Waals surface area contributed by atoms with E-state index in [4.69, 9.17) is 14.2 Å². The molecule has 1 aliphatic carbocycles. The topological polar surface area (TPSA) is 94.6 Å². The van der Waals surface area contributed by atoms with Gasteiger partial charge in [0.2, 0.25) is 11.0 Å². The first-order valence-electron chi connectivity index (χ1n) is 11.2. The fraction of sp³-hybridized carbons (Fsp3) is 0.375. The Morgan fingerprint density at radius 1 is 1.12 bits per heavy atom. The number of aromatic nitrogens is 2. The van der Waals surface area contributed by atoms with E-state index in [1.165, 1.54) is 23.1 Å².